The number of guanidine groups is 1. The second kappa shape index (κ2) is 10.1. The fraction of sp³-hybridized carbons (Fsp3) is 0.421. The van der Waals surface area contributed by atoms with E-state index in [4.69, 9.17) is 16.3 Å². The van der Waals surface area contributed by atoms with Gasteiger partial charge in [-0.15, -0.1) is 0 Å². The van der Waals surface area contributed by atoms with Crippen LogP contribution in [0.15, 0.2) is 41.7 Å². The van der Waals surface area contributed by atoms with Crippen LogP contribution >= 0.6 is 11.6 Å². The van der Waals surface area contributed by atoms with E-state index in [-0.39, 0.29) is 11.9 Å². The number of hydrogen-bond donors (Lipinski definition) is 2. The topological polar surface area (TPSA) is 74.7 Å². The highest BCUT2D eigenvalue weighted by Gasteiger charge is 2.25. The average Bonchev–Trinajstić information content (AvgIpc) is 3.15. The van der Waals surface area contributed by atoms with Crippen LogP contribution in [0.2, 0.25) is 5.02 Å². The summed E-state index contributed by atoms with van der Waals surface area (Å²) in [4.78, 5) is 14.7. The van der Waals surface area contributed by atoms with Crippen LogP contribution < -0.4 is 20.3 Å². The number of pyridine rings is 2. The fourth-order valence-electron chi connectivity index (χ4n) is 2.97. The van der Waals surface area contributed by atoms with Gasteiger partial charge in [-0.25, -0.2) is 19.4 Å². The van der Waals surface area contributed by atoms with E-state index in [1.54, 1.807) is 30.6 Å². The summed E-state index contributed by atoms with van der Waals surface area (Å²) >= 11 is 6.02. The first-order valence-corrected chi connectivity index (χ1v) is 9.68. The second-order valence-electron chi connectivity index (χ2n) is 6.28. The third kappa shape index (κ3) is 5.45. The van der Waals surface area contributed by atoms with E-state index >= 15 is 0 Å². The molecule has 0 saturated carbocycles. The van der Waals surface area contributed by atoms with Gasteiger partial charge in [-0.05, 0) is 37.6 Å². The highest BCUT2D eigenvalue weighted by Crippen LogP contribution is 2.21. The Bertz CT molecular complexity index is 805. The van der Waals surface area contributed by atoms with Gasteiger partial charge in [0.15, 0.2) is 17.6 Å². The monoisotopic (exact) mass is 406 g/mol. The molecule has 9 heteroatoms. The predicted molar refractivity (Wildman–Crippen MR) is 109 cm³/mol. The lowest BCUT2D eigenvalue weighted by molar-refractivity contribution is 0.316. The van der Waals surface area contributed by atoms with Crippen LogP contribution in [0, 0.1) is 5.82 Å². The summed E-state index contributed by atoms with van der Waals surface area (Å²) in [6.45, 7) is 4.97. The van der Waals surface area contributed by atoms with Crippen molar-refractivity contribution in [2.45, 2.75) is 19.4 Å². The summed E-state index contributed by atoms with van der Waals surface area (Å²) in [5.41, 5.74) is 0. The Morgan fingerprint density at radius 3 is 2.96 bits per heavy atom. The molecule has 1 aliphatic heterocycles. The maximum atomic E-state index is 13.9. The number of nitrogens with one attached hydrogen (secondary N) is 2. The molecule has 2 N–H and O–H groups in total. The summed E-state index contributed by atoms with van der Waals surface area (Å²) in [7, 11) is 0. The molecular weight excluding hydrogens is 383 g/mol. The van der Waals surface area contributed by atoms with Crippen molar-refractivity contribution >= 4 is 23.4 Å². The fourth-order valence-corrected chi connectivity index (χ4v) is 3.15. The van der Waals surface area contributed by atoms with E-state index in [0.29, 0.717) is 42.4 Å². The Hall–Kier alpha value is -2.61. The molecule has 0 amide bonds. The lowest BCUT2D eigenvalue weighted by atomic mass is 10.3. The molecule has 1 aliphatic rings. The standard InChI is InChI=1S/C19H24ClFN6O/c1-2-22-19(25-10-12-28-18-15(20)5-3-9-24-18)26-14-7-11-27(13-14)17-16(21)6-4-8-23-17/h3-6,8-9,14H,2,7,10-13H2,1H3,(H2,22,25,26). The quantitative estimate of drug-likeness (QED) is 0.418. The van der Waals surface area contributed by atoms with E-state index < -0.39 is 0 Å². The molecule has 3 heterocycles. The van der Waals surface area contributed by atoms with E-state index in [0.717, 1.165) is 19.5 Å². The zero-order valence-corrected chi connectivity index (χ0v) is 16.5. The van der Waals surface area contributed by atoms with Gasteiger partial charge in [-0.2, -0.15) is 0 Å². The van der Waals surface area contributed by atoms with Crippen molar-refractivity contribution in [1.29, 1.82) is 0 Å². The van der Waals surface area contributed by atoms with E-state index in [1.165, 1.54) is 6.07 Å². The summed E-state index contributed by atoms with van der Waals surface area (Å²) in [6.07, 6.45) is 4.12. The molecule has 28 heavy (non-hydrogen) atoms. The van der Waals surface area contributed by atoms with Crippen molar-refractivity contribution in [3.8, 4) is 5.88 Å². The first-order chi connectivity index (χ1) is 13.7. The van der Waals surface area contributed by atoms with E-state index in [2.05, 4.69) is 25.6 Å². The average molecular weight is 407 g/mol. The molecule has 0 bridgehead atoms. The zero-order chi connectivity index (χ0) is 19.8. The van der Waals surface area contributed by atoms with Gasteiger partial charge >= 0.3 is 0 Å². The number of rotatable bonds is 7. The maximum absolute atomic E-state index is 13.9. The second-order valence-corrected chi connectivity index (χ2v) is 6.69. The highest BCUT2D eigenvalue weighted by atomic mass is 35.5. The first-order valence-electron chi connectivity index (χ1n) is 9.31. The highest BCUT2D eigenvalue weighted by molar-refractivity contribution is 6.31. The number of nitrogens with zero attached hydrogens (tertiary/aromatic N) is 4. The SMILES string of the molecule is CCNC(=NCCOc1ncccc1Cl)NC1CCN(c2ncccc2F)C1. The molecule has 1 fully saturated rings. The van der Waals surface area contributed by atoms with Crippen molar-refractivity contribution in [3.63, 3.8) is 0 Å². The third-order valence-electron chi connectivity index (χ3n) is 4.24. The smallest absolute Gasteiger partial charge is 0.232 e. The van der Waals surface area contributed by atoms with Crippen LogP contribution in [-0.2, 0) is 0 Å². The van der Waals surface area contributed by atoms with Gasteiger partial charge in [-0.3, -0.25) is 0 Å². The molecule has 1 atom stereocenters. The number of hydrogen-bond acceptors (Lipinski definition) is 5. The van der Waals surface area contributed by atoms with Gasteiger partial charge in [0.1, 0.15) is 11.6 Å². The van der Waals surface area contributed by atoms with Gasteiger partial charge in [0, 0.05) is 38.1 Å². The van der Waals surface area contributed by atoms with Gasteiger partial charge in [0.05, 0.1) is 6.54 Å². The Kier molecular flexibility index (Phi) is 7.25. The van der Waals surface area contributed by atoms with Crippen molar-refractivity contribution < 1.29 is 9.13 Å². The van der Waals surface area contributed by atoms with Crippen molar-refractivity contribution in [2.75, 3.05) is 37.7 Å². The van der Waals surface area contributed by atoms with Gasteiger partial charge < -0.3 is 20.3 Å². The van der Waals surface area contributed by atoms with Crippen molar-refractivity contribution in [3.05, 3.63) is 47.5 Å². The minimum Gasteiger partial charge on any atom is -0.475 e. The molecule has 0 aromatic carbocycles. The van der Waals surface area contributed by atoms with E-state index in [9.17, 15) is 4.39 Å². The molecule has 0 spiro atoms. The molecule has 7 nitrogen and oxygen atoms in total. The zero-order valence-electron chi connectivity index (χ0n) is 15.7. The molecule has 2 aromatic rings. The summed E-state index contributed by atoms with van der Waals surface area (Å²) < 4.78 is 19.5. The largest absolute Gasteiger partial charge is 0.475 e. The van der Waals surface area contributed by atoms with Crippen LogP contribution in [-0.4, -0.2) is 54.8 Å². The number of anilines is 1. The molecule has 2 aromatic heterocycles. The molecule has 3 rings (SSSR count). The molecular formula is C19H24ClFN6O. The van der Waals surface area contributed by atoms with Crippen LogP contribution in [0.25, 0.3) is 0 Å². The summed E-state index contributed by atoms with van der Waals surface area (Å²) in [5.74, 6) is 1.20. The molecule has 1 saturated heterocycles. The lowest BCUT2D eigenvalue weighted by Gasteiger charge is -2.20. The summed E-state index contributed by atoms with van der Waals surface area (Å²) in [5, 5.41) is 7.09. The molecule has 0 aliphatic carbocycles. The van der Waals surface area contributed by atoms with Crippen molar-refractivity contribution in [2.24, 2.45) is 4.99 Å². The number of aromatic nitrogens is 2. The Balaban J connectivity index is 1.51. The lowest BCUT2D eigenvalue weighted by Crippen LogP contribution is -2.45. The Morgan fingerprint density at radius 2 is 2.18 bits per heavy atom. The minimum atomic E-state index is -0.297. The third-order valence-corrected chi connectivity index (χ3v) is 4.52. The molecule has 1 unspecified atom stereocenters. The van der Waals surface area contributed by atoms with Gasteiger partial charge in [0.25, 0.3) is 0 Å². The van der Waals surface area contributed by atoms with Gasteiger partial charge in [0.2, 0.25) is 5.88 Å². The summed E-state index contributed by atoms with van der Waals surface area (Å²) in [6, 6.07) is 6.67. The Labute approximate surface area is 169 Å². The van der Waals surface area contributed by atoms with Crippen LogP contribution in [0.4, 0.5) is 10.2 Å². The molecule has 0 radical (unpaired) electrons. The van der Waals surface area contributed by atoms with Crippen molar-refractivity contribution in [1.82, 2.24) is 20.6 Å². The van der Waals surface area contributed by atoms with Gasteiger partial charge in [-0.1, -0.05) is 11.6 Å². The van der Waals surface area contributed by atoms with Crippen LogP contribution in [0.3, 0.4) is 0 Å². The number of ether oxygens (including phenoxy) is 1. The first kappa shape index (κ1) is 20.1. The number of halogens is 2. The van der Waals surface area contributed by atoms with Crippen LogP contribution in [0.5, 0.6) is 5.88 Å². The Morgan fingerprint density at radius 1 is 1.36 bits per heavy atom. The molecule has 150 valence electrons. The van der Waals surface area contributed by atoms with Crippen LogP contribution in [0.1, 0.15) is 13.3 Å². The number of aliphatic imine (C=N–C) groups is 1. The minimum absolute atomic E-state index is 0.158. The van der Waals surface area contributed by atoms with E-state index in [1.807, 2.05) is 11.8 Å². The predicted octanol–water partition coefficient (Wildman–Crippen LogP) is 2.48. The normalized spacial score (nSPS) is 16.9. The maximum Gasteiger partial charge on any atom is 0.232 e.